The van der Waals surface area contributed by atoms with Crippen LogP contribution in [0.1, 0.15) is 17.5 Å². The molecule has 0 saturated heterocycles. The lowest BCUT2D eigenvalue weighted by Crippen LogP contribution is -2.19. The fourth-order valence-electron chi connectivity index (χ4n) is 2.24. The number of rotatable bonds is 2. The second kappa shape index (κ2) is 5.17. The van der Waals surface area contributed by atoms with Gasteiger partial charge in [0.15, 0.2) is 5.75 Å². The number of nitrogen functional groups attached to an aromatic ring is 1. The predicted octanol–water partition coefficient (Wildman–Crippen LogP) is 2.82. The highest BCUT2D eigenvalue weighted by Gasteiger charge is 2.17. The summed E-state index contributed by atoms with van der Waals surface area (Å²) in [5, 5.41) is 11.6. The van der Waals surface area contributed by atoms with E-state index in [1.165, 1.54) is 0 Å². The van der Waals surface area contributed by atoms with Crippen LogP contribution >= 0.6 is 0 Å². The first kappa shape index (κ1) is 13.0. The standard InChI is InChI=1S/C16H13N3O2/c17-9-10-1-4-12(5-2-10)21-15-7-11-3-6-16(20)19-14(11)8-13(15)18/h1-2,4-5,7-8H,3,6,18H2,(H,19,20). The third-order valence-corrected chi connectivity index (χ3v) is 3.34. The number of carbonyl (C=O) groups is 1. The number of nitrogens with zero attached hydrogens (tertiary/aromatic N) is 1. The van der Waals surface area contributed by atoms with Crippen LogP contribution in [-0.2, 0) is 11.2 Å². The lowest BCUT2D eigenvalue weighted by molar-refractivity contribution is -0.116. The second-order valence-corrected chi connectivity index (χ2v) is 4.83. The van der Waals surface area contributed by atoms with Crippen molar-refractivity contribution in [2.75, 3.05) is 11.1 Å². The van der Waals surface area contributed by atoms with Crippen molar-refractivity contribution < 1.29 is 9.53 Å². The van der Waals surface area contributed by atoms with Crippen LogP contribution in [0.4, 0.5) is 11.4 Å². The monoisotopic (exact) mass is 279 g/mol. The maximum absolute atomic E-state index is 11.4. The molecule has 0 atom stereocenters. The van der Waals surface area contributed by atoms with Gasteiger partial charge in [-0.15, -0.1) is 0 Å². The van der Waals surface area contributed by atoms with Crippen LogP contribution < -0.4 is 15.8 Å². The van der Waals surface area contributed by atoms with Crippen LogP contribution in [0.5, 0.6) is 11.5 Å². The molecule has 0 aromatic heterocycles. The van der Waals surface area contributed by atoms with Gasteiger partial charge in [0.2, 0.25) is 5.91 Å². The topological polar surface area (TPSA) is 88.1 Å². The van der Waals surface area contributed by atoms with E-state index in [4.69, 9.17) is 15.7 Å². The van der Waals surface area contributed by atoms with Crippen LogP contribution in [0.3, 0.4) is 0 Å². The molecule has 1 amide bonds. The number of fused-ring (bicyclic) bond motifs is 1. The van der Waals surface area contributed by atoms with Crippen LogP contribution in [0.25, 0.3) is 0 Å². The molecule has 0 fully saturated rings. The third kappa shape index (κ3) is 2.65. The van der Waals surface area contributed by atoms with Crippen LogP contribution in [0.15, 0.2) is 36.4 Å². The first-order chi connectivity index (χ1) is 10.2. The number of nitriles is 1. The Hall–Kier alpha value is -3.00. The molecule has 2 aromatic rings. The molecular weight excluding hydrogens is 266 g/mol. The van der Waals surface area contributed by atoms with Gasteiger partial charge in [0.05, 0.1) is 17.3 Å². The number of nitrogens with one attached hydrogen (secondary N) is 1. The number of carbonyl (C=O) groups excluding carboxylic acids is 1. The molecule has 0 aliphatic carbocycles. The van der Waals surface area contributed by atoms with Crippen molar-refractivity contribution in [1.82, 2.24) is 0 Å². The number of aryl methyl sites for hydroxylation is 1. The Kier molecular flexibility index (Phi) is 3.20. The maximum atomic E-state index is 11.4. The normalized spacial score (nSPS) is 13.0. The van der Waals surface area contributed by atoms with Gasteiger partial charge in [-0.25, -0.2) is 0 Å². The molecule has 104 valence electrons. The van der Waals surface area contributed by atoms with E-state index in [9.17, 15) is 4.79 Å². The van der Waals surface area contributed by atoms with E-state index >= 15 is 0 Å². The van der Waals surface area contributed by atoms with Crippen molar-refractivity contribution in [3.63, 3.8) is 0 Å². The summed E-state index contributed by atoms with van der Waals surface area (Å²) in [5.74, 6) is 1.16. The summed E-state index contributed by atoms with van der Waals surface area (Å²) >= 11 is 0. The summed E-state index contributed by atoms with van der Waals surface area (Å²) in [6, 6.07) is 12.4. The Morgan fingerprint density at radius 3 is 2.67 bits per heavy atom. The van der Waals surface area contributed by atoms with Gasteiger partial charge >= 0.3 is 0 Å². The molecule has 0 radical (unpaired) electrons. The van der Waals surface area contributed by atoms with E-state index in [1.807, 2.05) is 6.07 Å². The number of hydrogen-bond donors (Lipinski definition) is 2. The van der Waals surface area contributed by atoms with Crippen LogP contribution in [-0.4, -0.2) is 5.91 Å². The molecule has 1 aliphatic heterocycles. The van der Waals surface area contributed by atoms with E-state index in [2.05, 4.69) is 11.4 Å². The highest BCUT2D eigenvalue weighted by atomic mass is 16.5. The molecule has 3 rings (SSSR count). The summed E-state index contributed by atoms with van der Waals surface area (Å²) in [4.78, 5) is 11.4. The minimum atomic E-state index is 0.00246. The molecular formula is C16H13N3O2. The van der Waals surface area contributed by atoms with E-state index < -0.39 is 0 Å². The van der Waals surface area contributed by atoms with Crippen LogP contribution in [0, 0.1) is 11.3 Å². The van der Waals surface area contributed by atoms with Crippen molar-refractivity contribution in [3.05, 3.63) is 47.5 Å². The number of hydrogen-bond acceptors (Lipinski definition) is 4. The first-order valence-corrected chi connectivity index (χ1v) is 6.56. The van der Waals surface area contributed by atoms with Gasteiger partial charge in [-0.3, -0.25) is 4.79 Å². The van der Waals surface area contributed by atoms with E-state index in [0.717, 1.165) is 11.3 Å². The maximum Gasteiger partial charge on any atom is 0.224 e. The molecule has 0 saturated carbocycles. The average molecular weight is 279 g/mol. The second-order valence-electron chi connectivity index (χ2n) is 4.83. The lowest BCUT2D eigenvalue weighted by Gasteiger charge is -2.19. The number of anilines is 2. The third-order valence-electron chi connectivity index (χ3n) is 3.34. The zero-order valence-corrected chi connectivity index (χ0v) is 11.2. The minimum absolute atomic E-state index is 0.00246. The van der Waals surface area contributed by atoms with Gasteiger partial charge in [0.25, 0.3) is 0 Å². The van der Waals surface area contributed by atoms with Crippen molar-refractivity contribution in [2.45, 2.75) is 12.8 Å². The smallest absolute Gasteiger partial charge is 0.224 e. The fourth-order valence-corrected chi connectivity index (χ4v) is 2.24. The number of amides is 1. The van der Waals surface area contributed by atoms with E-state index in [-0.39, 0.29) is 5.91 Å². The van der Waals surface area contributed by atoms with E-state index in [0.29, 0.717) is 35.6 Å². The number of benzene rings is 2. The minimum Gasteiger partial charge on any atom is -0.455 e. The van der Waals surface area contributed by atoms with Gasteiger partial charge in [0, 0.05) is 12.1 Å². The molecule has 5 nitrogen and oxygen atoms in total. The molecule has 21 heavy (non-hydrogen) atoms. The average Bonchev–Trinajstić information content (AvgIpc) is 2.49. The molecule has 2 aromatic carbocycles. The zero-order chi connectivity index (χ0) is 14.8. The van der Waals surface area contributed by atoms with Gasteiger partial charge in [0.1, 0.15) is 5.75 Å². The lowest BCUT2D eigenvalue weighted by atomic mass is 10.0. The molecule has 0 bridgehead atoms. The predicted molar refractivity (Wildman–Crippen MR) is 79.0 cm³/mol. The summed E-state index contributed by atoms with van der Waals surface area (Å²) in [7, 11) is 0. The summed E-state index contributed by atoms with van der Waals surface area (Å²) in [6.45, 7) is 0. The molecule has 1 aliphatic rings. The zero-order valence-electron chi connectivity index (χ0n) is 11.2. The van der Waals surface area contributed by atoms with Crippen molar-refractivity contribution >= 4 is 17.3 Å². The van der Waals surface area contributed by atoms with Crippen molar-refractivity contribution in [3.8, 4) is 17.6 Å². The number of nitrogens with two attached hydrogens (primary N) is 1. The van der Waals surface area contributed by atoms with Crippen molar-refractivity contribution in [1.29, 1.82) is 5.26 Å². The first-order valence-electron chi connectivity index (χ1n) is 6.56. The van der Waals surface area contributed by atoms with Crippen molar-refractivity contribution in [2.24, 2.45) is 0 Å². The number of ether oxygens (including phenoxy) is 1. The molecule has 1 heterocycles. The molecule has 0 spiro atoms. The van der Waals surface area contributed by atoms with Gasteiger partial charge in [-0.05, 0) is 48.4 Å². The summed E-state index contributed by atoms with van der Waals surface area (Å²) < 4.78 is 5.75. The Labute approximate surface area is 121 Å². The highest BCUT2D eigenvalue weighted by molar-refractivity contribution is 5.94. The van der Waals surface area contributed by atoms with Crippen LogP contribution in [0.2, 0.25) is 0 Å². The Balaban J connectivity index is 1.88. The van der Waals surface area contributed by atoms with Gasteiger partial charge < -0.3 is 15.8 Å². The molecule has 5 heteroatoms. The summed E-state index contributed by atoms with van der Waals surface area (Å²) in [6.07, 6.45) is 1.14. The SMILES string of the molecule is N#Cc1ccc(Oc2cc3c(cc2N)NC(=O)CC3)cc1. The quantitative estimate of drug-likeness (QED) is 0.827. The van der Waals surface area contributed by atoms with Gasteiger partial charge in [-0.1, -0.05) is 0 Å². The van der Waals surface area contributed by atoms with Gasteiger partial charge in [-0.2, -0.15) is 5.26 Å². The Bertz CT molecular complexity index is 745. The highest BCUT2D eigenvalue weighted by Crippen LogP contribution is 2.35. The molecule has 0 unspecified atom stereocenters. The summed E-state index contributed by atoms with van der Waals surface area (Å²) in [5.41, 5.74) is 8.75. The van der Waals surface area contributed by atoms with E-state index in [1.54, 1.807) is 30.3 Å². The Morgan fingerprint density at radius 1 is 1.19 bits per heavy atom. The molecule has 3 N–H and O–H groups in total. The fraction of sp³-hybridized carbons (Fsp3) is 0.125. The Morgan fingerprint density at radius 2 is 1.95 bits per heavy atom. The largest absolute Gasteiger partial charge is 0.455 e.